The molecule has 0 fully saturated rings. The number of aromatic nitrogens is 1. The lowest BCUT2D eigenvalue weighted by Gasteiger charge is -2.13. The first kappa shape index (κ1) is 11.9. The molecular weight excluding hydrogens is 264 g/mol. The zero-order valence-corrected chi connectivity index (χ0v) is 10.2. The molecule has 0 spiro atoms. The molecule has 0 radical (unpaired) electrons. The van der Waals surface area contributed by atoms with Gasteiger partial charge >= 0.3 is 0 Å². The van der Waals surface area contributed by atoms with Gasteiger partial charge in [0.2, 0.25) is 5.88 Å². The van der Waals surface area contributed by atoms with Crippen LogP contribution in [0.1, 0.15) is 10.4 Å². The predicted molar refractivity (Wildman–Crippen MR) is 57.6 cm³/mol. The maximum absolute atomic E-state index is 11.6. The molecule has 1 rings (SSSR count). The second-order valence-electron chi connectivity index (χ2n) is 2.70. The summed E-state index contributed by atoms with van der Waals surface area (Å²) in [5.41, 5.74) is 0.423. The number of halogens is 1. The lowest BCUT2D eigenvalue weighted by molar-refractivity contribution is -0.0757. The molecule has 0 aliphatic rings. The van der Waals surface area contributed by atoms with Crippen molar-refractivity contribution in [1.82, 2.24) is 10.0 Å². The standard InChI is InChI=1S/C9H11BrN2O3/c1-12(15-3)9(13)6-4-7(10)8(14-2)11-5-6/h4-5H,1-3H3. The molecule has 0 saturated carbocycles. The van der Waals surface area contributed by atoms with E-state index in [9.17, 15) is 4.79 Å². The predicted octanol–water partition coefficient (Wildman–Crippen LogP) is 1.49. The first-order valence-corrected chi connectivity index (χ1v) is 4.91. The number of carbonyl (C=O) groups excluding carboxylic acids is 1. The highest BCUT2D eigenvalue weighted by molar-refractivity contribution is 9.10. The smallest absolute Gasteiger partial charge is 0.278 e. The van der Waals surface area contributed by atoms with Gasteiger partial charge in [-0.2, -0.15) is 0 Å². The number of carbonyl (C=O) groups is 1. The van der Waals surface area contributed by atoms with Crippen LogP contribution in [0, 0.1) is 0 Å². The van der Waals surface area contributed by atoms with Gasteiger partial charge in [0, 0.05) is 13.2 Å². The number of amides is 1. The zero-order valence-electron chi connectivity index (χ0n) is 8.65. The maximum Gasteiger partial charge on any atom is 0.278 e. The van der Waals surface area contributed by atoms with Gasteiger partial charge in [-0.05, 0) is 22.0 Å². The molecule has 0 aromatic carbocycles. The molecule has 5 nitrogen and oxygen atoms in total. The number of methoxy groups -OCH3 is 1. The fourth-order valence-corrected chi connectivity index (χ4v) is 1.47. The zero-order chi connectivity index (χ0) is 11.4. The SMILES string of the molecule is COc1ncc(C(=O)N(C)OC)cc1Br. The lowest BCUT2D eigenvalue weighted by atomic mass is 10.2. The highest BCUT2D eigenvalue weighted by Gasteiger charge is 2.13. The van der Waals surface area contributed by atoms with E-state index in [1.165, 1.54) is 27.5 Å². The summed E-state index contributed by atoms with van der Waals surface area (Å²) in [5, 5.41) is 1.12. The van der Waals surface area contributed by atoms with Crippen molar-refractivity contribution in [2.75, 3.05) is 21.3 Å². The van der Waals surface area contributed by atoms with Gasteiger partial charge in [-0.25, -0.2) is 10.0 Å². The first-order chi connectivity index (χ1) is 7.10. The summed E-state index contributed by atoms with van der Waals surface area (Å²) in [4.78, 5) is 20.4. The molecule has 82 valence electrons. The number of hydroxylamine groups is 2. The summed E-state index contributed by atoms with van der Waals surface area (Å²) in [5.74, 6) is 0.167. The van der Waals surface area contributed by atoms with E-state index >= 15 is 0 Å². The van der Waals surface area contributed by atoms with E-state index in [-0.39, 0.29) is 5.91 Å². The molecule has 6 heteroatoms. The molecule has 0 aliphatic heterocycles. The van der Waals surface area contributed by atoms with Crippen LogP contribution in [-0.4, -0.2) is 37.2 Å². The average Bonchev–Trinajstić information content (AvgIpc) is 2.26. The third-order valence-electron chi connectivity index (χ3n) is 1.81. The van der Waals surface area contributed by atoms with Crippen LogP contribution in [0.5, 0.6) is 5.88 Å². The molecule has 0 atom stereocenters. The van der Waals surface area contributed by atoms with Crippen LogP contribution in [0.2, 0.25) is 0 Å². The highest BCUT2D eigenvalue weighted by Crippen LogP contribution is 2.22. The molecule has 0 bridgehead atoms. The Hall–Kier alpha value is -1.14. The molecular formula is C9H11BrN2O3. The van der Waals surface area contributed by atoms with Gasteiger partial charge in [-0.3, -0.25) is 9.63 Å². The Kier molecular flexibility index (Phi) is 4.05. The highest BCUT2D eigenvalue weighted by atomic mass is 79.9. The van der Waals surface area contributed by atoms with Crippen LogP contribution in [0.4, 0.5) is 0 Å². The van der Waals surface area contributed by atoms with E-state index in [4.69, 9.17) is 9.57 Å². The van der Waals surface area contributed by atoms with E-state index < -0.39 is 0 Å². The fourth-order valence-electron chi connectivity index (χ4n) is 0.957. The van der Waals surface area contributed by atoms with Crippen molar-refractivity contribution in [3.8, 4) is 5.88 Å². The number of pyridine rings is 1. The third kappa shape index (κ3) is 2.66. The van der Waals surface area contributed by atoms with E-state index in [2.05, 4.69) is 20.9 Å². The van der Waals surface area contributed by atoms with Crippen molar-refractivity contribution in [1.29, 1.82) is 0 Å². The van der Waals surface area contributed by atoms with Crippen LogP contribution in [-0.2, 0) is 4.84 Å². The van der Waals surface area contributed by atoms with Crippen molar-refractivity contribution in [3.63, 3.8) is 0 Å². The molecule has 0 unspecified atom stereocenters. The molecule has 15 heavy (non-hydrogen) atoms. The topological polar surface area (TPSA) is 51.7 Å². The largest absolute Gasteiger partial charge is 0.480 e. The summed E-state index contributed by atoms with van der Waals surface area (Å²) < 4.78 is 5.58. The Morgan fingerprint density at radius 2 is 2.20 bits per heavy atom. The van der Waals surface area contributed by atoms with Crippen LogP contribution < -0.4 is 4.74 Å². The van der Waals surface area contributed by atoms with Crippen LogP contribution in [0.3, 0.4) is 0 Å². The van der Waals surface area contributed by atoms with Crippen molar-refractivity contribution < 1.29 is 14.4 Å². The normalized spacial score (nSPS) is 9.87. The second-order valence-corrected chi connectivity index (χ2v) is 3.55. The number of hydrogen-bond donors (Lipinski definition) is 0. The molecule has 0 saturated heterocycles. The van der Waals surface area contributed by atoms with E-state index in [0.717, 1.165) is 5.06 Å². The Bertz CT molecular complexity index is 370. The van der Waals surface area contributed by atoms with Gasteiger partial charge in [0.25, 0.3) is 5.91 Å². The minimum absolute atomic E-state index is 0.270. The molecule has 1 amide bonds. The van der Waals surface area contributed by atoms with Crippen LogP contribution >= 0.6 is 15.9 Å². The summed E-state index contributed by atoms with van der Waals surface area (Å²) >= 11 is 3.25. The maximum atomic E-state index is 11.6. The minimum atomic E-state index is -0.270. The lowest BCUT2D eigenvalue weighted by Crippen LogP contribution is -2.25. The number of rotatable bonds is 3. The van der Waals surface area contributed by atoms with E-state index in [0.29, 0.717) is 15.9 Å². The van der Waals surface area contributed by atoms with E-state index in [1.807, 2.05) is 0 Å². The Balaban J connectivity index is 2.97. The van der Waals surface area contributed by atoms with Crippen molar-refractivity contribution in [2.24, 2.45) is 0 Å². The number of hydrogen-bond acceptors (Lipinski definition) is 4. The quantitative estimate of drug-likeness (QED) is 0.784. The van der Waals surface area contributed by atoms with Crippen molar-refractivity contribution in [2.45, 2.75) is 0 Å². The minimum Gasteiger partial charge on any atom is -0.480 e. The Labute approximate surface area is 96.1 Å². The summed E-state index contributed by atoms with van der Waals surface area (Å²) in [6, 6.07) is 1.63. The van der Waals surface area contributed by atoms with Crippen LogP contribution in [0.15, 0.2) is 16.7 Å². The number of ether oxygens (including phenoxy) is 1. The summed E-state index contributed by atoms with van der Waals surface area (Å²) in [6.07, 6.45) is 1.43. The van der Waals surface area contributed by atoms with Gasteiger partial charge in [-0.1, -0.05) is 0 Å². The monoisotopic (exact) mass is 274 g/mol. The summed E-state index contributed by atoms with van der Waals surface area (Å²) in [7, 11) is 4.46. The van der Waals surface area contributed by atoms with Crippen molar-refractivity contribution in [3.05, 3.63) is 22.3 Å². The first-order valence-electron chi connectivity index (χ1n) is 4.11. The molecule has 0 N–H and O–H groups in total. The van der Waals surface area contributed by atoms with Gasteiger partial charge in [0.15, 0.2) is 0 Å². The summed E-state index contributed by atoms with van der Waals surface area (Å²) in [6.45, 7) is 0. The molecule has 1 heterocycles. The van der Waals surface area contributed by atoms with E-state index in [1.54, 1.807) is 6.07 Å². The average molecular weight is 275 g/mol. The molecule has 1 aromatic heterocycles. The van der Waals surface area contributed by atoms with Gasteiger partial charge < -0.3 is 4.74 Å². The van der Waals surface area contributed by atoms with Crippen molar-refractivity contribution >= 4 is 21.8 Å². The van der Waals surface area contributed by atoms with Gasteiger partial charge in [-0.15, -0.1) is 0 Å². The molecule has 0 aliphatic carbocycles. The van der Waals surface area contributed by atoms with Gasteiger partial charge in [0.1, 0.15) is 0 Å². The Morgan fingerprint density at radius 1 is 1.53 bits per heavy atom. The molecule has 1 aromatic rings. The second kappa shape index (κ2) is 5.09. The van der Waals surface area contributed by atoms with Gasteiger partial charge in [0.05, 0.1) is 24.3 Å². The third-order valence-corrected chi connectivity index (χ3v) is 2.38. The van der Waals surface area contributed by atoms with Crippen LogP contribution in [0.25, 0.3) is 0 Å². The Morgan fingerprint density at radius 3 is 2.67 bits per heavy atom. The fraction of sp³-hybridized carbons (Fsp3) is 0.333. The number of nitrogens with zero attached hydrogens (tertiary/aromatic N) is 2.